The highest BCUT2D eigenvalue weighted by Crippen LogP contribution is 2.20. The molecule has 1 heterocycles. The van der Waals surface area contributed by atoms with Gasteiger partial charge in [0.15, 0.2) is 0 Å². The molecule has 3 unspecified atom stereocenters. The lowest BCUT2D eigenvalue weighted by molar-refractivity contribution is 0.136. The van der Waals surface area contributed by atoms with Crippen LogP contribution >= 0.6 is 0 Å². The summed E-state index contributed by atoms with van der Waals surface area (Å²) in [7, 11) is 2.08. The summed E-state index contributed by atoms with van der Waals surface area (Å²) in [5.41, 5.74) is 0. The second-order valence-corrected chi connectivity index (χ2v) is 5.25. The molecule has 1 N–H and O–H groups in total. The van der Waals surface area contributed by atoms with Gasteiger partial charge < -0.3 is 10.2 Å². The summed E-state index contributed by atoms with van der Waals surface area (Å²) in [4.78, 5) is 2.66. The summed E-state index contributed by atoms with van der Waals surface area (Å²) < 4.78 is 0. The van der Waals surface area contributed by atoms with Gasteiger partial charge in [-0.25, -0.2) is 0 Å². The van der Waals surface area contributed by atoms with E-state index in [1.807, 2.05) is 0 Å². The minimum absolute atomic E-state index is 0.671. The Labute approximate surface area is 95.4 Å². The van der Waals surface area contributed by atoms with E-state index in [1.165, 1.54) is 38.9 Å². The highest BCUT2D eigenvalue weighted by Gasteiger charge is 2.24. The van der Waals surface area contributed by atoms with Crippen LogP contribution in [-0.2, 0) is 0 Å². The summed E-state index contributed by atoms with van der Waals surface area (Å²) in [5.74, 6) is 1.71. The van der Waals surface area contributed by atoms with E-state index in [0.717, 1.165) is 11.8 Å². The van der Waals surface area contributed by atoms with Crippen LogP contribution in [0.5, 0.6) is 0 Å². The second-order valence-electron chi connectivity index (χ2n) is 5.25. The van der Waals surface area contributed by atoms with Crippen LogP contribution in [0.25, 0.3) is 0 Å². The molecule has 1 fully saturated rings. The van der Waals surface area contributed by atoms with E-state index in [9.17, 15) is 0 Å². The molecule has 3 atom stereocenters. The van der Waals surface area contributed by atoms with Gasteiger partial charge in [-0.1, -0.05) is 20.3 Å². The Morgan fingerprint density at radius 2 is 2.13 bits per heavy atom. The molecule has 0 radical (unpaired) electrons. The molecule has 0 aromatic carbocycles. The fourth-order valence-electron chi connectivity index (χ4n) is 2.47. The molecule has 0 bridgehead atoms. The first-order valence-electron chi connectivity index (χ1n) is 6.57. The Bertz CT molecular complexity index is 170. The molecule has 0 aromatic rings. The van der Waals surface area contributed by atoms with Crippen LogP contribution in [0.3, 0.4) is 0 Å². The lowest BCUT2D eigenvalue weighted by Gasteiger charge is -2.36. The third-order valence-electron chi connectivity index (χ3n) is 3.97. The number of hydrogen-bond donors (Lipinski definition) is 1. The van der Waals surface area contributed by atoms with Crippen molar-refractivity contribution < 1.29 is 0 Å². The highest BCUT2D eigenvalue weighted by atomic mass is 15.1. The molecule has 1 rings (SSSR count). The average Bonchev–Trinajstić information content (AvgIpc) is 2.28. The van der Waals surface area contributed by atoms with Crippen LogP contribution in [0, 0.1) is 11.8 Å². The van der Waals surface area contributed by atoms with Gasteiger partial charge in [-0.15, -0.1) is 0 Å². The molecule has 0 aliphatic carbocycles. The zero-order valence-corrected chi connectivity index (χ0v) is 10.9. The van der Waals surface area contributed by atoms with Crippen molar-refractivity contribution in [3.8, 4) is 0 Å². The van der Waals surface area contributed by atoms with Crippen molar-refractivity contribution in [3.05, 3.63) is 0 Å². The molecule has 0 saturated carbocycles. The Balaban J connectivity index is 2.35. The van der Waals surface area contributed by atoms with Crippen LogP contribution in [0.1, 0.15) is 40.0 Å². The largest absolute Gasteiger partial charge is 0.317 e. The number of likely N-dealkylation sites (tertiary alicyclic amines) is 1. The fourth-order valence-corrected chi connectivity index (χ4v) is 2.47. The van der Waals surface area contributed by atoms with Crippen LogP contribution < -0.4 is 5.32 Å². The first kappa shape index (κ1) is 13.0. The van der Waals surface area contributed by atoms with Crippen molar-refractivity contribution in [2.75, 3.05) is 26.7 Å². The molecule has 2 nitrogen and oxygen atoms in total. The van der Waals surface area contributed by atoms with Crippen molar-refractivity contribution in [2.24, 2.45) is 11.8 Å². The smallest absolute Gasteiger partial charge is 0.00762 e. The summed E-state index contributed by atoms with van der Waals surface area (Å²) in [6.45, 7) is 10.9. The third-order valence-corrected chi connectivity index (χ3v) is 3.97. The first-order chi connectivity index (χ1) is 7.17. The van der Waals surface area contributed by atoms with Crippen molar-refractivity contribution in [3.63, 3.8) is 0 Å². The van der Waals surface area contributed by atoms with Gasteiger partial charge in [0.05, 0.1) is 0 Å². The van der Waals surface area contributed by atoms with E-state index in [2.05, 4.69) is 38.0 Å². The van der Waals surface area contributed by atoms with E-state index in [1.54, 1.807) is 0 Å². The molecule has 0 amide bonds. The van der Waals surface area contributed by atoms with Crippen LogP contribution in [0.2, 0.25) is 0 Å². The zero-order valence-electron chi connectivity index (χ0n) is 10.9. The molecular weight excluding hydrogens is 184 g/mol. The van der Waals surface area contributed by atoms with Crippen LogP contribution in [0.4, 0.5) is 0 Å². The Morgan fingerprint density at radius 3 is 2.73 bits per heavy atom. The Kier molecular flexibility index (Phi) is 5.62. The Morgan fingerprint density at radius 1 is 1.40 bits per heavy atom. The van der Waals surface area contributed by atoms with Crippen molar-refractivity contribution in [1.82, 2.24) is 10.2 Å². The molecule has 90 valence electrons. The maximum Gasteiger partial charge on any atom is 0.00762 e. The fraction of sp³-hybridized carbons (Fsp3) is 1.00. The molecule has 1 saturated heterocycles. The van der Waals surface area contributed by atoms with Gasteiger partial charge in [-0.2, -0.15) is 0 Å². The highest BCUT2D eigenvalue weighted by molar-refractivity contribution is 4.80. The standard InChI is InChI=1S/C13H28N2/c1-5-11(2)9-15-8-6-7-13(10-15)12(3)14-4/h11-14H,5-10H2,1-4H3. The van der Waals surface area contributed by atoms with Gasteiger partial charge in [0.25, 0.3) is 0 Å². The molecule has 1 aliphatic rings. The Hall–Kier alpha value is -0.0800. The van der Waals surface area contributed by atoms with E-state index in [4.69, 9.17) is 0 Å². The number of hydrogen-bond acceptors (Lipinski definition) is 2. The van der Waals surface area contributed by atoms with Crippen LogP contribution in [-0.4, -0.2) is 37.6 Å². The van der Waals surface area contributed by atoms with E-state index in [0.29, 0.717) is 6.04 Å². The summed E-state index contributed by atoms with van der Waals surface area (Å²) in [5, 5.41) is 3.40. The number of nitrogens with zero attached hydrogens (tertiary/aromatic N) is 1. The van der Waals surface area contributed by atoms with Gasteiger partial charge in [0.1, 0.15) is 0 Å². The number of rotatable bonds is 5. The topological polar surface area (TPSA) is 15.3 Å². The lowest BCUT2D eigenvalue weighted by Crippen LogP contribution is -2.44. The second kappa shape index (κ2) is 6.49. The van der Waals surface area contributed by atoms with Crippen molar-refractivity contribution >= 4 is 0 Å². The van der Waals surface area contributed by atoms with Gasteiger partial charge in [0, 0.05) is 19.1 Å². The third kappa shape index (κ3) is 4.12. The minimum Gasteiger partial charge on any atom is -0.317 e. The normalized spacial score (nSPS) is 27.6. The first-order valence-corrected chi connectivity index (χ1v) is 6.57. The van der Waals surface area contributed by atoms with E-state index < -0.39 is 0 Å². The van der Waals surface area contributed by atoms with E-state index in [-0.39, 0.29) is 0 Å². The van der Waals surface area contributed by atoms with Gasteiger partial charge >= 0.3 is 0 Å². The maximum absolute atomic E-state index is 3.40. The molecule has 15 heavy (non-hydrogen) atoms. The zero-order chi connectivity index (χ0) is 11.3. The minimum atomic E-state index is 0.671. The predicted octanol–water partition coefficient (Wildman–Crippen LogP) is 2.35. The molecular formula is C13H28N2. The van der Waals surface area contributed by atoms with Crippen molar-refractivity contribution in [1.29, 1.82) is 0 Å². The summed E-state index contributed by atoms with van der Waals surface area (Å²) >= 11 is 0. The van der Waals surface area contributed by atoms with Gasteiger partial charge in [-0.3, -0.25) is 0 Å². The van der Waals surface area contributed by atoms with Crippen molar-refractivity contribution in [2.45, 2.75) is 46.1 Å². The average molecular weight is 212 g/mol. The molecule has 0 aromatic heterocycles. The van der Waals surface area contributed by atoms with Gasteiger partial charge in [-0.05, 0) is 45.2 Å². The number of piperidine rings is 1. The molecule has 0 spiro atoms. The lowest BCUT2D eigenvalue weighted by atomic mass is 9.91. The summed E-state index contributed by atoms with van der Waals surface area (Å²) in [6, 6.07) is 0.671. The maximum atomic E-state index is 3.40. The SMILES string of the molecule is CCC(C)CN1CCCC(C(C)NC)C1. The van der Waals surface area contributed by atoms with E-state index >= 15 is 0 Å². The van der Waals surface area contributed by atoms with Crippen LogP contribution in [0.15, 0.2) is 0 Å². The summed E-state index contributed by atoms with van der Waals surface area (Å²) in [6.07, 6.45) is 4.09. The monoisotopic (exact) mass is 212 g/mol. The predicted molar refractivity (Wildman–Crippen MR) is 67.1 cm³/mol. The van der Waals surface area contributed by atoms with Gasteiger partial charge in [0.2, 0.25) is 0 Å². The number of nitrogens with one attached hydrogen (secondary N) is 1. The molecule has 2 heteroatoms. The quantitative estimate of drug-likeness (QED) is 0.752. The molecule has 1 aliphatic heterocycles.